The van der Waals surface area contributed by atoms with E-state index in [1.165, 1.54) is 27.7 Å². The number of halogens is 6. The van der Waals surface area contributed by atoms with Gasteiger partial charge >= 0.3 is 17.8 Å². The normalized spacial score (nSPS) is 17.5. The van der Waals surface area contributed by atoms with Crippen LogP contribution in [0.1, 0.15) is 37.6 Å². The fourth-order valence-corrected chi connectivity index (χ4v) is 7.64. The minimum atomic E-state index is -5.62. The molecule has 0 unspecified atom stereocenters. The molecule has 0 fully saturated rings. The molecule has 0 bridgehead atoms. The molecule has 5 rings (SSSR count). The minimum Gasteiger partial charge on any atom is -0.194 e. The molecule has 8 heteroatoms. The number of hydrogen-bond donors (Lipinski definition) is 0. The van der Waals surface area contributed by atoms with E-state index in [-0.39, 0.29) is 32.0 Å². The molecule has 0 saturated carbocycles. The zero-order valence-corrected chi connectivity index (χ0v) is 23.0. The van der Waals surface area contributed by atoms with Gasteiger partial charge in [-0.25, -0.2) is 0 Å². The molecule has 1 aliphatic carbocycles. The van der Waals surface area contributed by atoms with E-state index in [1.54, 1.807) is 54.6 Å². The van der Waals surface area contributed by atoms with Crippen LogP contribution in [0.4, 0.5) is 26.3 Å². The largest absolute Gasteiger partial charge is 0.380 e. The van der Waals surface area contributed by atoms with E-state index in [4.69, 9.17) is 6.42 Å². The number of alkyl halides is 6. The summed E-state index contributed by atoms with van der Waals surface area (Å²) in [7, 11) is 0. The minimum absolute atomic E-state index is 0.237. The molecule has 2 aromatic carbocycles. The van der Waals surface area contributed by atoms with Crippen molar-refractivity contribution in [3.05, 3.63) is 92.2 Å². The van der Waals surface area contributed by atoms with Gasteiger partial charge in [0.05, 0.1) is 0 Å². The van der Waals surface area contributed by atoms with Gasteiger partial charge in [-0.1, -0.05) is 48.4 Å². The van der Waals surface area contributed by atoms with Gasteiger partial charge in [0.1, 0.15) is 0 Å². The molecule has 0 N–H and O–H groups in total. The van der Waals surface area contributed by atoms with E-state index < -0.39 is 28.9 Å². The Bertz CT molecular complexity index is 1660. The lowest BCUT2D eigenvalue weighted by molar-refractivity contribution is -0.254. The van der Waals surface area contributed by atoms with Gasteiger partial charge in [-0.15, -0.1) is 29.1 Å². The summed E-state index contributed by atoms with van der Waals surface area (Å²) in [6, 6.07) is 15.6. The van der Waals surface area contributed by atoms with Crippen molar-refractivity contribution in [1.29, 1.82) is 0 Å². The number of benzene rings is 2. The zero-order valence-electron chi connectivity index (χ0n) is 21.4. The van der Waals surface area contributed by atoms with Gasteiger partial charge in [0.25, 0.3) is 0 Å². The van der Waals surface area contributed by atoms with Crippen molar-refractivity contribution in [1.82, 2.24) is 0 Å². The molecule has 2 aromatic heterocycles. The van der Waals surface area contributed by atoms with Gasteiger partial charge in [0.2, 0.25) is 0 Å². The second-order valence-electron chi connectivity index (χ2n) is 9.54. The van der Waals surface area contributed by atoms with E-state index in [2.05, 4.69) is 5.92 Å². The first kappa shape index (κ1) is 27.3. The Morgan fingerprint density at radius 1 is 0.615 bits per heavy atom. The van der Waals surface area contributed by atoms with Gasteiger partial charge in [0, 0.05) is 47.3 Å². The molecule has 200 valence electrons. The maximum Gasteiger partial charge on any atom is 0.380 e. The third-order valence-electron chi connectivity index (χ3n) is 7.16. The Hall–Kier alpha value is -3.28. The van der Waals surface area contributed by atoms with Crippen LogP contribution in [0.3, 0.4) is 0 Å². The van der Waals surface area contributed by atoms with Crippen molar-refractivity contribution >= 4 is 33.8 Å². The van der Waals surface area contributed by atoms with Crippen molar-refractivity contribution in [2.75, 3.05) is 0 Å². The molecule has 0 nitrogen and oxygen atoms in total. The van der Waals surface area contributed by atoms with Crippen molar-refractivity contribution in [2.45, 2.75) is 45.5 Å². The molecule has 39 heavy (non-hydrogen) atoms. The topological polar surface area (TPSA) is 0 Å². The molecule has 1 aliphatic rings. The summed E-state index contributed by atoms with van der Waals surface area (Å²) in [6.45, 7) is 6.01. The molecule has 0 aliphatic heterocycles. The molecule has 0 atom stereocenters. The second-order valence-corrected chi connectivity index (χ2v) is 12.0. The van der Waals surface area contributed by atoms with E-state index in [0.29, 0.717) is 26.4 Å². The SMILES string of the molecule is C#Cc1ccc(-c2sc(C)c(C3=C(c4c(C)sc(-c5ccccc5)c4C)C(F)(F)C(F)(F)C3(F)F)c2C)cc1. The maximum atomic E-state index is 15.7. The van der Waals surface area contributed by atoms with Crippen LogP contribution in [0.5, 0.6) is 0 Å². The standard InChI is InChI=1S/C31H22F6S2/c1-6-20-12-14-22(15-13-20)28-17(3)24(19(5)39-28)26-25(29(32,33)31(36,37)30(26,34)35)23-16(2)27(38-18(23)4)21-10-8-7-9-11-21/h1,7-15H,2-5H3. The Morgan fingerprint density at radius 3 is 1.44 bits per heavy atom. The first-order valence-electron chi connectivity index (χ1n) is 12.0. The van der Waals surface area contributed by atoms with Crippen LogP contribution < -0.4 is 0 Å². The fourth-order valence-electron chi connectivity index (χ4n) is 5.29. The van der Waals surface area contributed by atoms with Gasteiger partial charge in [0.15, 0.2) is 0 Å². The fraction of sp³-hybridized carbons (Fsp3) is 0.226. The molecule has 2 heterocycles. The highest BCUT2D eigenvalue weighted by Gasteiger charge is 2.80. The third kappa shape index (κ3) is 3.81. The summed E-state index contributed by atoms with van der Waals surface area (Å²) >= 11 is 2.22. The first-order valence-corrected chi connectivity index (χ1v) is 13.6. The average molecular weight is 573 g/mol. The highest BCUT2D eigenvalue weighted by Crippen LogP contribution is 2.67. The summed E-state index contributed by atoms with van der Waals surface area (Å²) in [6.07, 6.45) is 5.42. The number of allylic oxidation sites excluding steroid dienone is 2. The average Bonchev–Trinajstić information content (AvgIpc) is 3.39. The van der Waals surface area contributed by atoms with Crippen molar-refractivity contribution in [3.63, 3.8) is 0 Å². The lowest BCUT2D eigenvalue weighted by Gasteiger charge is -2.26. The van der Waals surface area contributed by atoms with E-state index in [9.17, 15) is 0 Å². The summed E-state index contributed by atoms with van der Waals surface area (Å²) in [4.78, 5) is 1.61. The van der Waals surface area contributed by atoms with Crippen molar-refractivity contribution < 1.29 is 26.3 Å². The van der Waals surface area contributed by atoms with Gasteiger partial charge < -0.3 is 0 Å². The Labute approximate surface area is 230 Å². The van der Waals surface area contributed by atoms with E-state index >= 15 is 26.3 Å². The third-order valence-corrected chi connectivity index (χ3v) is 9.67. The molecule has 4 aromatic rings. The number of rotatable bonds is 4. The Balaban J connectivity index is 1.84. The van der Waals surface area contributed by atoms with Gasteiger partial charge in [-0.05, 0) is 62.1 Å². The predicted octanol–water partition coefficient (Wildman–Crippen LogP) is 10.2. The first-order chi connectivity index (χ1) is 18.3. The summed E-state index contributed by atoms with van der Waals surface area (Å²) in [5, 5.41) is 0. The molecular formula is C31H22F6S2. The highest BCUT2D eigenvalue weighted by molar-refractivity contribution is 7.16. The van der Waals surface area contributed by atoms with Crippen LogP contribution in [0, 0.1) is 40.0 Å². The van der Waals surface area contributed by atoms with Crippen LogP contribution >= 0.6 is 22.7 Å². The molecule has 0 amide bonds. The Morgan fingerprint density at radius 2 is 1.03 bits per heavy atom. The van der Waals surface area contributed by atoms with Crippen LogP contribution in [0.2, 0.25) is 0 Å². The number of hydrogen-bond acceptors (Lipinski definition) is 2. The monoisotopic (exact) mass is 572 g/mol. The Kier molecular flexibility index (Phi) is 6.40. The molecule has 0 radical (unpaired) electrons. The lowest BCUT2D eigenvalue weighted by Crippen LogP contribution is -2.49. The summed E-state index contributed by atoms with van der Waals surface area (Å²) < 4.78 is 92.8. The quantitative estimate of drug-likeness (QED) is 0.169. The highest BCUT2D eigenvalue weighted by atomic mass is 32.1. The molecule has 0 spiro atoms. The second kappa shape index (κ2) is 9.14. The van der Waals surface area contributed by atoms with Crippen LogP contribution in [-0.4, -0.2) is 17.8 Å². The maximum absolute atomic E-state index is 15.7. The summed E-state index contributed by atoms with van der Waals surface area (Å²) in [5.41, 5.74) is -0.698. The van der Waals surface area contributed by atoms with Crippen molar-refractivity contribution in [3.8, 4) is 33.2 Å². The number of aryl methyl sites for hydroxylation is 2. The summed E-state index contributed by atoms with van der Waals surface area (Å²) in [5.74, 6) is -13.3. The smallest absolute Gasteiger partial charge is 0.194 e. The molecular weight excluding hydrogens is 550 g/mol. The molecule has 0 saturated heterocycles. The van der Waals surface area contributed by atoms with Crippen LogP contribution in [0.15, 0.2) is 54.6 Å². The van der Waals surface area contributed by atoms with Crippen molar-refractivity contribution in [2.24, 2.45) is 0 Å². The number of terminal acetylenes is 1. The van der Waals surface area contributed by atoms with E-state index in [1.807, 2.05) is 0 Å². The van der Waals surface area contributed by atoms with E-state index in [0.717, 1.165) is 22.7 Å². The van der Waals surface area contributed by atoms with Gasteiger partial charge in [-0.2, -0.15) is 26.3 Å². The van der Waals surface area contributed by atoms with Crippen LogP contribution in [-0.2, 0) is 0 Å². The van der Waals surface area contributed by atoms with Gasteiger partial charge in [-0.3, -0.25) is 0 Å². The predicted molar refractivity (Wildman–Crippen MR) is 148 cm³/mol. The zero-order chi connectivity index (χ0) is 28.5. The lowest BCUT2D eigenvalue weighted by atomic mass is 9.90. The van der Waals surface area contributed by atoms with Crippen LogP contribution in [0.25, 0.3) is 32.0 Å². The number of thiophene rings is 2.